The molecule has 1 saturated carbocycles. The van der Waals surface area contributed by atoms with Crippen molar-refractivity contribution >= 4 is 0 Å². The Morgan fingerprint density at radius 2 is 1.94 bits per heavy atom. The Morgan fingerprint density at radius 3 is 2.72 bits per heavy atom. The number of rotatable bonds is 4. The molecule has 0 radical (unpaired) electrons. The molecule has 4 heteroatoms. The van der Waals surface area contributed by atoms with E-state index in [2.05, 4.69) is 20.1 Å². The molecule has 1 aliphatic heterocycles. The van der Waals surface area contributed by atoms with Crippen molar-refractivity contribution in [2.75, 3.05) is 13.1 Å². The van der Waals surface area contributed by atoms with Crippen molar-refractivity contribution in [2.45, 2.75) is 57.4 Å². The van der Waals surface area contributed by atoms with Crippen LogP contribution in [0.4, 0.5) is 0 Å². The maximum Gasteiger partial charge on any atom is 0.133 e. The first-order chi connectivity index (χ1) is 8.93. The summed E-state index contributed by atoms with van der Waals surface area (Å²) in [6.45, 7) is 2.26. The highest BCUT2D eigenvalue weighted by atomic mass is 15.3. The fourth-order valence-electron chi connectivity index (χ4n) is 3.47. The maximum absolute atomic E-state index is 4.34. The summed E-state index contributed by atoms with van der Waals surface area (Å²) < 4.78 is 2.34. The zero-order valence-corrected chi connectivity index (χ0v) is 11.1. The second kappa shape index (κ2) is 5.83. The van der Waals surface area contributed by atoms with E-state index < -0.39 is 0 Å². The van der Waals surface area contributed by atoms with Crippen molar-refractivity contribution in [1.82, 2.24) is 20.1 Å². The Balaban J connectivity index is 1.59. The maximum atomic E-state index is 4.34. The SMILES string of the molecule is c1nnc(CCC2CCCC2)n1C1CCNCC1. The summed E-state index contributed by atoms with van der Waals surface area (Å²) in [7, 11) is 0. The summed E-state index contributed by atoms with van der Waals surface area (Å²) in [5.41, 5.74) is 0. The van der Waals surface area contributed by atoms with Crippen molar-refractivity contribution in [3.05, 3.63) is 12.2 Å². The van der Waals surface area contributed by atoms with Crippen LogP contribution in [0.3, 0.4) is 0 Å². The summed E-state index contributed by atoms with van der Waals surface area (Å²) in [4.78, 5) is 0. The van der Waals surface area contributed by atoms with Crippen molar-refractivity contribution < 1.29 is 0 Å². The average Bonchev–Trinajstić information content (AvgIpc) is 3.09. The van der Waals surface area contributed by atoms with Gasteiger partial charge in [0, 0.05) is 12.5 Å². The van der Waals surface area contributed by atoms with Gasteiger partial charge >= 0.3 is 0 Å². The molecule has 0 atom stereocenters. The molecule has 4 nitrogen and oxygen atoms in total. The summed E-state index contributed by atoms with van der Waals surface area (Å²) in [5.74, 6) is 2.16. The Morgan fingerprint density at radius 1 is 1.17 bits per heavy atom. The lowest BCUT2D eigenvalue weighted by Crippen LogP contribution is -2.30. The third-order valence-electron chi connectivity index (χ3n) is 4.60. The lowest BCUT2D eigenvalue weighted by Gasteiger charge is -2.25. The first kappa shape index (κ1) is 12.2. The molecule has 0 amide bonds. The van der Waals surface area contributed by atoms with Crippen molar-refractivity contribution in [3.8, 4) is 0 Å². The molecular formula is C14H24N4. The van der Waals surface area contributed by atoms with Gasteiger partial charge in [0.2, 0.25) is 0 Å². The lowest BCUT2D eigenvalue weighted by atomic mass is 10.0. The van der Waals surface area contributed by atoms with Gasteiger partial charge in [-0.3, -0.25) is 0 Å². The van der Waals surface area contributed by atoms with E-state index in [0.29, 0.717) is 6.04 Å². The van der Waals surface area contributed by atoms with E-state index in [9.17, 15) is 0 Å². The van der Waals surface area contributed by atoms with E-state index in [4.69, 9.17) is 0 Å². The van der Waals surface area contributed by atoms with Gasteiger partial charge in [-0.2, -0.15) is 0 Å². The van der Waals surface area contributed by atoms with Crippen LogP contribution in [0.25, 0.3) is 0 Å². The number of aromatic nitrogens is 3. The minimum Gasteiger partial charge on any atom is -0.317 e. The van der Waals surface area contributed by atoms with Gasteiger partial charge in [-0.1, -0.05) is 25.7 Å². The van der Waals surface area contributed by atoms with Gasteiger partial charge in [-0.05, 0) is 38.3 Å². The van der Waals surface area contributed by atoms with Gasteiger partial charge in [0.15, 0.2) is 0 Å². The van der Waals surface area contributed by atoms with Gasteiger partial charge in [0.1, 0.15) is 12.2 Å². The van der Waals surface area contributed by atoms with Crippen molar-refractivity contribution in [1.29, 1.82) is 0 Å². The third-order valence-corrected chi connectivity index (χ3v) is 4.60. The summed E-state index contributed by atoms with van der Waals surface area (Å²) in [6, 6.07) is 0.625. The molecule has 100 valence electrons. The fraction of sp³-hybridized carbons (Fsp3) is 0.857. The highest BCUT2D eigenvalue weighted by Crippen LogP contribution is 2.29. The molecule has 0 bridgehead atoms. The second-order valence-corrected chi connectivity index (χ2v) is 5.82. The smallest absolute Gasteiger partial charge is 0.133 e. The minimum absolute atomic E-state index is 0.625. The molecule has 0 spiro atoms. The molecule has 2 aliphatic rings. The van der Waals surface area contributed by atoms with Gasteiger partial charge < -0.3 is 9.88 Å². The minimum atomic E-state index is 0.625. The highest BCUT2D eigenvalue weighted by molar-refractivity contribution is 4.92. The first-order valence-corrected chi connectivity index (χ1v) is 7.52. The summed E-state index contributed by atoms with van der Waals surface area (Å²) in [6.07, 6.45) is 12.5. The van der Waals surface area contributed by atoms with Crippen LogP contribution in [0.2, 0.25) is 0 Å². The van der Waals surface area contributed by atoms with Crippen LogP contribution in [-0.2, 0) is 6.42 Å². The Bertz CT molecular complexity index is 362. The molecule has 2 fully saturated rings. The zero-order valence-electron chi connectivity index (χ0n) is 11.1. The number of hydrogen-bond donors (Lipinski definition) is 1. The first-order valence-electron chi connectivity index (χ1n) is 7.52. The van der Waals surface area contributed by atoms with E-state index >= 15 is 0 Å². The van der Waals surface area contributed by atoms with Crippen LogP contribution in [0, 0.1) is 5.92 Å². The van der Waals surface area contributed by atoms with Crippen LogP contribution >= 0.6 is 0 Å². The van der Waals surface area contributed by atoms with Crippen LogP contribution in [0.15, 0.2) is 6.33 Å². The van der Waals surface area contributed by atoms with Gasteiger partial charge in [-0.15, -0.1) is 10.2 Å². The Labute approximate surface area is 109 Å². The Kier molecular flexibility index (Phi) is 3.93. The van der Waals surface area contributed by atoms with E-state index in [1.165, 1.54) is 50.8 Å². The molecule has 0 aromatic carbocycles. The van der Waals surface area contributed by atoms with Crippen LogP contribution in [0.5, 0.6) is 0 Å². The van der Waals surface area contributed by atoms with Crippen molar-refractivity contribution in [3.63, 3.8) is 0 Å². The molecular weight excluding hydrogens is 224 g/mol. The topological polar surface area (TPSA) is 42.7 Å². The molecule has 1 aliphatic carbocycles. The normalized spacial score (nSPS) is 22.7. The van der Waals surface area contributed by atoms with Crippen LogP contribution in [-0.4, -0.2) is 27.9 Å². The predicted molar refractivity (Wildman–Crippen MR) is 71.4 cm³/mol. The van der Waals surface area contributed by atoms with Crippen LogP contribution in [0.1, 0.15) is 56.8 Å². The molecule has 0 unspecified atom stereocenters. The largest absolute Gasteiger partial charge is 0.317 e. The number of hydrogen-bond acceptors (Lipinski definition) is 3. The fourth-order valence-corrected chi connectivity index (χ4v) is 3.47. The highest BCUT2D eigenvalue weighted by Gasteiger charge is 2.20. The molecule has 1 N–H and O–H groups in total. The van der Waals surface area contributed by atoms with Gasteiger partial charge in [-0.25, -0.2) is 0 Å². The molecule has 18 heavy (non-hydrogen) atoms. The third kappa shape index (κ3) is 2.74. The van der Waals surface area contributed by atoms with E-state index in [0.717, 1.165) is 25.4 Å². The van der Waals surface area contributed by atoms with E-state index in [1.54, 1.807) is 0 Å². The number of aryl methyl sites for hydroxylation is 1. The lowest BCUT2D eigenvalue weighted by molar-refractivity contribution is 0.356. The average molecular weight is 248 g/mol. The zero-order chi connectivity index (χ0) is 12.2. The molecule has 2 heterocycles. The second-order valence-electron chi connectivity index (χ2n) is 5.82. The standard InChI is InChI=1S/C14H24N4/c1-2-4-12(3-1)5-6-14-17-16-11-18(14)13-7-9-15-10-8-13/h11-13,15H,1-10H2. The van der Waals surface area contributed by atoms with E-state index in [1.807, 2.05) is 6.33 Å². The molecule has 1 saturated heterocycles. The van der Waals surface area contributed by atoms with E-state index in [-0.39, 0.29) is 0 Å². The quantitative estimate of drug-likeness (QED) is 0.889. The summed E-state index contributed by atoms with van der Waals surface area (Å²) >= 11 is 0. The van der Waals surface area contributed by atoms with Gasteiger partial charge in [0.05, 0.1) is 0 Å². The molecule has 3 rings (SSSR count). The summed E-state index contributed by atoms with van der Waals surface area (Å²) in [5, 5.41) is 11.9. The monoisotopic (exact) mass is 248 g/mol. The predicted octanol–water partition coefficient (Wildman–Crippen LogP) is 2.33. The van der Waals surface area contributed by atoms with Crippen LogP contribution < -0.4 is 5.32 Å². The van der Waals surface area contributed by atoms with Gasteiger partial charge in [0.25, 0.3) is 0 Å². The number of piperidine rings is 1. The molecule has 1 aromatic heterocycles. The Hall–Kier alpha value is -0.900. The van der Waals surface area contributed by atoms with Crippen molar-refractivity contribution in [2.24, 2.45) is 5.92 Å². The number of nitrogens with zero attached hydrogens (tertiary/aromatic N) is 3. The molecule has 1 aromatic rings. The number of nitrogens with one attached hydrogen (secondary N) is 1.